The summed E-state index contributed by atoms with van der Waals surface area (Å²) in [6.07, 6.45) is 0.0392. The highest BCUT2D eigenvalue weighted by Crippen LogP contribution is 2.07. The van der Waals surface area contributed by atoms with Crippen LogP contribution in [-0.2, 0) is 9.53 Å². The van der Waals surface area contributed by atoms with Crippen molar-refractivity contribution in [3.8, 4) is 0 Å². The Kier molecular flexibility index (Phi) is 7.23. The summed E-state index contributed by atoms with van der Waals surface area (Å²) in [5.41, 5.74) is -0.187. The molecule has 0 aliphatic rings. The second-order valence-corrected chi connectivity index (χ2v) is 6.30. The van der Waals surface area contributed by atoms with Gasteiger partial charge in [0.05, 0.1) is 0 Å². The van der Waals surface area contributed by atoms with E-state index in [9.17, 15) is 19.5 Å². The maximum absolute atomic E-state index is 12.0. The van der Waals surface area contributed by atoms with E-state index < -0.39 is 29.6 Å². The van der Waals surface area contributed by atoms with Crippen LogP contribution in [0.3, 0.4) is 0 Å². The number of ether oxygens (including phenoxy) is 1. The number of amides is 2. The van der Waals surface area contributed by atoms with Crippen LogP contribution in [0.2, 0.25) is 0 Å². The van der Waals surface area contributed by atoms with Gasteiger partial charge in [-0.05, 0) is 45.7 Å². The van der Waals surface area contributed by atoms with E-state index in [1.165, 1.54) is 0 Å². The van der Waals surface area contributed by atoms with Crippen LogP contribution >= 0.6 is 0 Å². The lowest BCUT2D eigenvalue weighted by Crippen LogP contribution is -2.41. The largest absolute Gasteiger partial charge is 0.480 e. The third-order valence-corrected chi connectivity index (χ3v) is 2.98. The van der Waals surface area contributed by atoms with Gasteiger partial charge in [-0.2, -0.15) is 0 Å². The number of carbonyl (C=O) groups excluding carboxylic acids is 2. The van der Waals surface area contributed by atoms with Crippen molar-refractivity contribution in [2.75, 3.05) is 6.54 Å². The average molecular weight is 336 g/mol. The highest BCUT2D eigenvalue weighted by atomic mass is 16.6. The number of rotatable bonds is 7. The Labute approximate surface area is 141 Å². The van der Waals surface area contributed by atoms with Crippen molar-refractivity contribution in [1.29, 1.82) is 0 Å². The zero-order chi connectivity index (χ0) is 18.2. The lowest BCUT2D eigenvalue weighted by atomic mass is 10.1. The summed E-state index contributed by atoms with van der Waals surface area (Å²) in [4.78, 5) is 34.7. The SMILES string of the molecule is CC(C)(C)OC(=O)NCCC[C@@H](NC(=O)c1ccccc1)C(=O)O. The number of hydrogen-bond acceptors (Lipinski definition) is 4. The highest BCUT2D eigenvalue weighted by Gasteiger charge is 2.20. The second kappa shape index (κ2) is 8.90. The van der Waals surface area contributed by atoms with Crippen LogP contribution in [0.1, 0.15) is 44.0 Å². The smallest absolute Gasteiger partial charge is 0.407 e. The molecule has 1 rings (SSSR count). The minimum absolute atomic E-state index is 0.198. The lowest BCUT2D eigenvalue weighted by Gasteiger charge is -2.20. The topological polar surface area (TPSA) is 105 Å². The number of nitrogens with one attached hydrogen (secondary N) is 2. The van der Waals surface area contributed by atoms with Crippen molar-refractivity contribution < 1.29 is 24.2 Å². The molecule has 3 N–H and O–H groups in total. The average Bonchev–Trinajstić information content (AvgIpc) is 2.49. The molecule has 0 aromatic heterocycles. The van der Waals surface area contributed by atoms with E-state index in [2.05, 4.69) is 10.6 Å². The first-order valence-corrected chi connectivity index (χ1v) is 7.74. The monoisotopic (exact) mass is 336 g/mol. The van der Waals surface area contributed by atoms with E-state index in [0.717, 1.165) is 0 Å². The van der Waals surface area contributed by atoms with E-state index in [-0.39, 0.29) is 13.0 Å². The van der Waals surface area contributed by atoms with E-state index >= 15 is 0 Å². The van der Waals surface area contributed by atoms with Gasteiger partial charge in [-0.25, -0.2) is 9.59 Å². The number of aliphatic carboxylic acids is 1. The molecule has 2 amide bonds. The number of carboxylic acid groups (broad SMARTS) is 1. The van der Waals surface area contributed by atoms with E-state index in [4.69, 9.17) is 4.74 Å². The summed E-state index contributed by atoms with van der Waals surface area (Å²) in [6.45, 7) is 5.53. The van der Waals surface area contributed by atoms with Crippen molar-refractivity contribution in [3.05, 3.63) is 35.9 Å². The zero-order valence-corrected chi connectivity index (χ0v) is 14.2. The predicted molar refractivity (Wildman–Crippen MR) is 88.8 cm³/mol. The van der Waals surface area contributed by atoms with Gasteiger partial charge in [0.1, 0.15) is 11.6 Å². The quantitative estimate of drug-likeness (QED) is 0.662. The fourth-order valence-electron chi connectivity index (χ4n) is 1.90. The Balaban J connectivity index is 2.40. The van der Waals surface area contributed by atoms with Crippen LogP contribution < -0.4 is 10.6 Å². The van der Waals surface area contributed by atoms with Gasteiger partial charge >= 0.3 is 12.1 Å². The molecular weight excluding hydrogens is 312 g/mol. The summed E-state index contributed by atoms with van der Waals surface area (Å²) in [5.74, 6) is -1.56. The summed E-state index contributed by atoms with van der Waals surface area (Å²) in [7, 11) is 0. The molecule has 0 aliphatic heterocycles. The molecule has 7 nitrogen and oxygen atoms in total. The molecule has 0 bridgehead atoms. The molecule has 0 heterocycles. The fourth-order valence-corrected chi connectivity index (χ4v) is 1.90. The van der Waals surface area contributed by atoms with E-state index in [0.29, 0.717) is 12.0 Å². The summed E-state index contributed by atoms with van der Waals surface area (Å²) in [5, 5.41) is 14.2. The van der Waals surface area contributed by atoms with Crippen LogP contribution in [0, 0.1) is 0 Å². The second-order valence-electron chi connectivity index (χ2n) is 6.30. The summed E-state index contributed by atoms with van der Waals surface area (Å²) < 4.78 is 5.08. The van der Waals surface area contributed by atoms with Crippen LogP contribution in [0.4, 0.5) is 4.79 Å². The van der Waals surface area contributed by atoms with Crippen LogP contribution in [0.5, 0.6) is 0 Å². The minimum atomic E-state index is -1.11. The Morgan fingerprint density at radius 2 is 1.79 bits per heavy atom. The molecule has 0 spiro atoms. The zero-order valence-electron chi connectivity index (χ0n) is 14.2. The number of benzene rings is 1. The van der Waals surface area contributed by atoms with Gasteiger partial charge in [0.25, 0.3) is 5.91 Å². The Bertz CT molecular complexity index is 566. The molecule has 0 unspecified atom stereocenters. The minimum Gasteiger partial charge on any atom is -0.480 e. The van der Waals surface area contributed by atoms with Crippen molar-refractivity contribution in [1.82, 2.24) is 10.6 Å². The molecule has 0 saturated heterocycles. The number of carboxylic acids is 1. The molecular formula is C17H24N2O5. The molecule has 0 saturated carbocycles. The molecule has 7 heteroatoms. The van der Waals surface area contributed by atoms with Gasteiger partial charge in [0.15, 0.2) is 0 Å². The Morgan fingerprint density at radius 3 is 2.33 bits per heavy atom. The van der Waals surface area contributed by atoms with E-state index in [1.54, 1.807) is 51.1 Å². The van der Waals surface area contributed by atoms with Crippen molar-refractivity contribution in [2.45, 2.75) is 45.3 Å². The molecule has 0 radical (unpaired) electrons. The van der Waals surface area contributed by atoms with Gasteiger partial charge < -0.3 is 20.5 Å². The first kappa shape index (κ1) is 19.5. The Morgan fingerprint density at radius 1 is 1.17 bits per heavy atom. The number of carbonyl (C=O) groups is 3. The Hall–Kier alpha value is -2.57. The molecule has 1 aromatic rings. The van der Waals surface area contributed by atoms with Gasteiger partial charge in [0, 0.05) is 12.1 Å². The molecule has 1 atom stereocenters. The van der Waals surface area contributed by atoms with E-state index in [1.807, 2.05) is 0 Å². The first-order valence-electron chi connectivity index (χ1n) is 7.74. The van der Waals surface area contributed by atoms with Crippen LogP contribution in [-0.4, -0.2) is 41.3 Å². The standard InChI is InChI=1S/C17H24N2O5/c1-17(2,3)24-16(23)18-11-7-10-13(15(21)22)19-14(20)12-8-5-4-6-9-12/h4-6,8-9,13H,7,10-11H2,1-3H3,(H,18,23)(H,19,20)(H,21,22)/t13-/m1/s1. The molecule has 0 aliphatic carbocycles. The molecule has 24 heavy (non-hydrogen) atoms. The van der Waals surface area contributed by atoms with Gasteiger partial charge in [-0.1, -0.05) is 18.2 Å². The van der Waals surface area contributed by atoms with Crippen molar-refractivity contribution in [3.63, 3.8) is 0 Å². The predicted octanol–water partition coefficient (Wildman–Crippen LogP) is 2.17. The number of hydrogen-bond donors (Lipinski definition) is 3. The number of alkyl carbamates (subject to hydrolysis) is 1. The molecule has 1 aromatic carbocycles. The maximum Gasteiger partial charge on any atom is 0.407 e. The third kappa shape index (κ3) is 7.62. The van der Waals surface area contributed by atoms with Gasteiger partial charge in [-0.3, -0.25) is 4.79 Å². The maximum atomic E-state index is 12.0. The first-order chi connectivity index (χ1) is 11.2. The highest BCUT2D eigenvalue weighted by molar-refractivity contribution is 5.96. The fraction of sp³-hybridized carbons (Fsp3) is 0.471. The van der Waals surface area contributed by atoms with Crippen LogP contribution in [0.25, 0.3) is 0 Å². The third-order valence-electron chi connectivity index (χ3n) is 2.98. The molecule has 132 valence electrons. The van der Waals surface area contributed by atoms with Crippen molar-refractivity contribution in [2.24, 2.45) is 0 Å². The normalized spacial score (nSPS) is 12.1. The summed E-state index contributed by atoms with van der Waals surface area (Å²) >= 11 is 0. The molecule has 0 fully saturated rings. The van der Waals surface area contributed by atoms with Crippen molar-refractivity contribution >= 4 is 18.0 Å². The summed E-state index contributed by atoms with van der Waals surface area (Å²) in [6, 6.07) is 7.38. The van der Waals surface area contributed by atoms with Crippen LogP contribution in [0.15, 0.2) is 30.3 Å². The van der Waals surface area contributed by atoms with Gasteiger partial charge in [0.2, 0.25) is 0 Å². The lowest BCUT2D eigenvalue weighted by molar-refractivity contribution is -0.139. The van der Waals surface area contributed by atoms with Gasteiger partial charge in [-0.15, -0.1) is 0 Å².